The number of piperazine rings is 1. The van der Waals surface area contributed by atoms with Crippen LogP contribution >= 0.6 is 0 Å². The van der Waals surface area contributed by atoms with Crippen molar-refractivity contribution in [1.82, 2.24) is 9.88 Å². The normalized spacial score (nSPS) is 23.2. The summed E-state index contributed by atoms with van der Waals surface area (Å²) in [5.74, 6) is 0.638. The second kappa shape index (κ2) is 5.70. The average Bonchev–Trinajstić information content (AvgIpc) is 2.64. The lowest BCUT2D eigenvalue weighted by molar-refractivity contribution is -0.137. The molecule has 7 heteroatoms. The van der Waals surface area contributed by atoms with Crippen LogP contribution in [0.4, 0.5) is 19.0 Å². The summed E-state index contributed by atoms with van der Waals surface area (Å²) in [5.41, 5.74) is -0.190. The van der Waals surface area contributed by atoms with Crippen LogP contribution in [0.15, 0.2) is 12.3 Å². The average molecular weight is 315 g/mol. The molecule has 0 spiro atoms. The number of aromatic nitrogens is 1. The van der Waals surface area contributed by atoms with Crippen molar-refractivity contribution in [2.45, 2.75) is 38.7 Å². The Morgan fingerprint density at radius 2 is 2.09 bits per heavy atom. The fourth-order valence-corrected chi connectivity index (χ4v) is 3.10. The molecule has 1 atom stereocenters. The highest BCUT2D eigenvalue weighted by molar-refractivity contribution is 5.50. The first kappa shape index (κ1) is 15.6. The van der Waals surface area contributed by atoms with Crippen molar-refractivity contribution in [3.63, 3.8) is 0 Å². The minimum absolute atomic E-state index is 0.140. The van der Waals surface area contributed by atoms with E-state index in [0.717, 1.165) is 25.8 Å². The lowest BCUT2D eigenvalue weighted by Gasteiger charge is -2.42. The van der Waals surface area contributed by atoms with E-state index in [1.165, 1.54) is 6.07 Å². The van der Waals surface area contributed by atoms with E-state index in [9.17, 15) is 13.2 Å². The van der Waals surface area contributed by atoms with Gasteiger partial charge in [-0.1, -0.05) is 0 Å². The number of anilines is 1. The first-order chi connectivity index (χ1) is 10.4. The molecule has 0 N–H and O–H groups in total. The highest BCUT2D eigenvalue weighted by Gasteiger charge is 2.35. The van der Waals surface area contributed by atoms with Gasteiger partial charge in [0, 0.05) is 37.4 Å². The number of pyridine rings is 1. The van der Waals surface area contributed by atoms with Gasteiger partial charge < -0.3 is 9.64 Å². The Kier molecular flexibility index (Phi) is 4.03. The van der Waals surface area contributed by atoms with Crippen LogP contribution in [0.1, 0.15) is 25.0 Å². The van der Waals surface area contributed by atoms with Gasteiger partial charge in [-0.3, -0.25) is 4.90 Å². The molecule has 0 bridgehead atoms. The summed E-state index contributed by atoms with van der Waals surface area (Å²) >= 11 is 0. The van der Waals surface area contributed by atoms with E-state index in [1.54, 1.807) is 0 Å². The van der Waals surface area contributed by atoms with E-state index in [-0.39, 0.29) is 12.6 Å². The Hall–Kier alpha value is -1.34. The number of ether oxygens (including phenoxy) is 1. The summed E-state index contributed by atoms with van der Waals surface area (Å²) in [4.78, 5) is 8.57. The van der Waals surface area contributed by atoms with E-state index < -0.39 is 11.7 Å². The van der Waals surface area contributed by atoms with Gasteiger partial charge >= 0.3 is 6.18 Å². The molecule has 0 aliphatic carbocycles. The summed E-state index contributed by atoms with van der Waals surface area (Å²) in [7, 11) is 0. The number of halogens is 3. The Labute approximate surface area is 127 Å². The number of fused-ring (bicyclic) bond motifs is 3. The van der Waals surface area contributed by atoms with Gasteiger partial charge in [-0.25, -0.2) is 4.98 Å². The predicted molar refractivity (Wildman–Crippen MR) is 76.7 cm³/mol. The van der Waals surface area contributed by atoms with Crippen LogP contribution in [-0.4, -0.2) is 48.2 Å². The molecule has 122 valence electrons. The monoisotopic (exact) mass is 315 g/mol. The molecule has 2 aliphatic heterocycles. The largest absolute Gasteiger partial charge is 0.417 e. The van der Waals surface area contributed by atoms with E-state index in [4.69, 9.17) is 4.74 Å². The van der Waals surface area contributed by atoms with Gasteiger partial charge in [0.1, 0.15) is 5.82 Å². The smallest absolute Gasteiger partial charge is 0.374 e. The van der Waals surface area contributed by atoms with Gasteiger partial charge in [-0.2, -0.15) is 13.2 Å². The third-order valence-corrected chi connectivity index (χ3v) is 4.35. The number of rotatable bonds is 1. The first-order valence-electron chi connectivity index (χ1n) is 7.51. The van der Waals surface area contributed by atoms with Crippen molar-refractivity contribution in [1.29, 1.82) is 0 Å². The molecule has 1 fully saturated rings. The van der Waals surface area contributed by atoms with E-state index in [1.807, 2.05) is 0 Å². The topological polar surface area (TPSA) is 28.6 Å². The van der Waals surface area contributed by atoms with Crippen molar-refractivity contribution in [3.05, 3.63) is 23.4 Å². The lowest BCUT2D eigenvalue weighted by atomic mass is 10.1. The maximum absolute atomic E-state index is 12.8. The quantitative estimate of drug-likeness (QED) is 0.796. The molecule has 0 radical (unpaired) electrons. The number of hydrogen-bond acceptors (Lipinski definition) is 4. The van der Waals surface area contributed by atoms with Gasteiger partial charge in [0.15, 0.2) is 0 Å². The van der Waals surface area contributed by atoms with Gasteiger partial charge in [0.2, 0.25) is 0 Å². The Balaban J connectivity index is 1.89. The highest BCUT2D eigenvalue weighted by atomic mass is 19.4. The van der Waals surface area contributed by atoms with Gasteiger partial charge in [-0.15, -0.1) is 0 Å². The van der Waals surface area contributed by atoms with Gasteiger partial charge in [0.05, 0.1) is 24.8 Å². The molecule has 2 aliphatic rings. The molecule has 1 aromatic rings. The first-order valence-corrected chi connectivity index (χ1v) is 7.51. The SMILES string of the molecule is CC(C)N1CCN2c3ncc(C(F)(F)F)cc3COC[C@@H]2C1. The molecule has 1 saturated heterocycles. The molecule has 1 aromatic heterocycles. The summed E-state index contributed by atoms with van der Waals surface area (Å²) in [6.07, 6.45) is -3.44. The van der Waals surface area contributed by atoms with Crippen molar-refractivity contribution in [3.8, 4) is 0 Å². The summed E-state index contributed by atoms with van der Waals surface area (Å²) in [5, 5.41) is 0. The van der Waals surface area contributed by atoms with Crippen molar-refractivity contribution < 1.29 is 17.9 Å². The van der Waals surface area contributed by atoms with E-state index in [0.29, 0.717) is 24.0 Å². The van der Waals surface area contributed by atoms with Crippen LogP contribution in [-0.2, 0) is 17.5 Å². The van der Waals surface area contributed by atoms with Gasteiger partial charge in [0.25, 0.3) is 0 Å². The molecule has 0 amide bonds. The fourth-order valence-electron chi connectivity index (χ4n) is 3.10. The van der Waals surface area contributed by atoms with Crippen molar-refractivity contribution >= 4 is 5.82 Å². The molecule has 0 aromatic carbocycles. The third-order valence-electron chi connectivity index (χ3n) is 4.35. The molecule has 0 unspecified atom stereocenters. The second-order valence-electron chi connectivity index (χ2n) is 6.16. The van der Waals surface area contributed by atoms with E-state index >= 15 is 0 Å². The van der Waals surface area contributed by atoms with Gasteiger partial charge in [-0.05, 0) is 19.9 Å². The zero-order valence-electron chi connectivity index (χ0n) is 12.7. The Morgan fingerprint density at radius 1 is 1.32 bits per heavy atom. The zero-order chi connectivity index (χ0) is 15.9. The second-order valence-corrected chi connectivity index (χ2v) is 6.16. The van der Waals surface area contributed by atoms with Crippen molar-refractivity contribution in [2.75, 3.05) is 31.1 Å². The zero-order valence-corrected chi connectivity index (χ0v) is 12.7. The Bertz CT molecular complexity index is 547. The molecule has 22 heavy (non-hydrogen) atoms. The maximum atomic E-state index is 12.8. The number of nitrogens with zero attached hydrogens (tertiary/aromatic N) is 3. The fraction of sp³-hybridized carbons (Fsp3) is 0.667. The van der Waals surface area contributed by atoms with Crippen LogP contribution in [0.3, 0.4) is 0 Å². The summed E-state index contributed by atoms with van der Waals surface area (Å²) < 4.78 is 44.1. The summed E-state index contributed by atoms with van der Waals surface area (Å²) in [6, 6.07) is 1.76. The molecule has 0 saturated carbocycles. The standard InChI is InChI=1S/C15H20F3N3O/c1-10(2)20-3-4-21-13(7-20)9-22-8-11-5-12(15(16,17)18)6-19-14(11)21/h5-6,10,13H,3-4,7-9H2,1-2H3/t13-/m0/s1. The summed E-state index contributed by atoms with van der Waals surface area (Å²) in [6.45, 7) is 7.49. The number of hydrogen-bond donors (Lipinski definition) is 0. The third kappa shape index (κ3) is 2.92. The van der Waals surface area contributed by atoms with Crippen LogP contribution in [0.2, 0.25) is 0 Å². The minimum atomic E-state index is -4.37. The molecular weight excluding hydrogens is 295 g/mol. The van der Waals surface area contributed by atoms with Crippen molar-refractivity contribution in [2.24, 2.45) is 0 Å². The van der Waals surface area contributed by atoms with Crippen LogP contribution in [0.5, 0.6) is 0 Å². The molecular formula is C15H20F3N3O. The highest BCUT2D eigenvalue weighted by Crippen LogP contribution is 2.34. The Morgan fingerprint density at radius 3 is 2.77 bits per heavy atom. The van der Waals surface area contributed by atoms with Crippen LogP contribution in [0.25, 0.3) is 0 Å². The predicted octanol–water partition coefficient (Wildman–Crippen LogP) is 2.53. The minimum Gasteiger partial charge on any atom is -0.374 e. The number of alkyl halides is 3. The molecule has 3 rings (SSSR count). The molecule has 4 nitrogen and oxygen atoms in total. The van der Waals surface area contributed by atoms with E-state index in [2.05, 4.69) is 28.6 Å². The van der Waals surface area contributed by atoms with Crippen LogP contribution in [0, 0.1) is 0 Å². The van der Waals surface area contributed by atoms with Crippen LogP contribution < -0.4 is 4.90 Å². The maximum Gasteiger partial charge on any atom is 0.417 e. The lowest BCUT2D eigenvalue weighted by Crippen LogP contribution is -2.56. The molecule has 3 heterocycles.